The van der Waals surface area contributed by atoms with E-state index in [-0.39, 0.29) is 16.9 Å². The Bertz CT molecular complexity index is 1100. The van der Waals surface area contributed by atoms with Crippen LogP contribution in [0, 0.1) is 0 Å². The molecule has 0 unspecified atom stereocenters. The minimum Gasteiger partial charge on any atom is -0.507 e. The maximum Gasteiger partial charge on any atom is 0.338 e. The van der Waals surface area contributed by atoms with E-state index in [1.807, 2.05) is 6.92 Å². The van der Waals surface area contributed by atoms with E-state index < -0.39 is 5.97 Å². The molecule has 0 radical (unpaired) electrons. The van der Waals surface area contributed by atoms with Crippen LogP contribution in [0.3, 0.4) is 0 Å². The van der Waals surface area contributed by atoms with Gasteiger partial charge in [-0.1, -0.05) is 6.92 Å². The number of phenolic OH excluding ortho intramolecular Hbond substituents is 1. The second-order valence-electron chi connectivity index (χ2n) is 7.27. The van der Waals surface area contributed by atoms with Crippen molar-refractivity contribution in [1.29, 1.82) is 0 Å². The number of carbonyl (C=O) groups is 1. The van der Waals surface area contributed by atoms with Crippen molar-refractivity contribution in [2.24, 2.45) is 0 Å². The number of hydrogen-bond donors (Lipinski definition) is 2. The Morgan fingerprint density at radius 3 is 2.42 bits per heavy atom. The lowest BCUT2D eigenvalue weighted by Gasteiger charge is -2.17. The Morgan fingerprint density at radius 2 is 1.77 bits per heavy atom. The molecule has 0 amide bonds. The minimum atomic E-state index is -0.402. The van der Waals surface area contributed by atoms with Crippen molar-refractivity contribution in [1.82, 2.24) is 0 Å². The van der Waals surface area contributed by atoms with Crippen LogP contribution in [0.1, 0.15) is 43.1 Å². The first kappa shape index (κ1) is 22.4. The van der Waals surface area contributed by atoms with E-state index in [1.165, 1.54) is 23.3 Å². The Hall–Kier alpha value is -3.32. The molecule has 0 saturated carbocycles. The second-order valence-corrected chi connectivity index (χ2v) is 7.27. The summed E-state index contributed by atoms with van der Waals surface area (Å²) in [6, 6.07) is 9.41. The van der Waals surface area contributed by atoms with Crippen molar-refractivity contribution in [3.63, 3.8) is 0 Å². The van der Waals surface area contributed by atoms with Gasteiger partial charge in [0.25, 0.3) is 0 Å². The number of carbonyl (C=O) groups excluding carboxylic acids is 1. The van der Waals surface area contributed by atoms with E-state index in [2.05, 4.69) is 13.8 Å². The molecule has 1 aromatic heterocycles. The molecule has 1 heterocycles. The number of hydrogen-bond acceptors (Lipinski definition) is 6. The molecule has 3 rings (SSSR count). The van der Waals surface area contributed by atoms with E-state index in [9.17, 15) is 14.7 Å². The zero-order valence-electron chi connectivity index (χ0n) is 18.1. The minimum absolute atomic E-state index is 0.0284. The van der Waals surface area contributed by atoms with Crippen LogP contribution in [0.2, 0.25) is 0 Å². The first-order chi connectivity index (χ1) is 15.0. The largest absolute Gasteiger partial charge is 0.507 e. The summed E-state index contributed by atoms with van der Waals surface area (Å²) >= 11 is 0. The SMILES string of the molecule is CCCOC(=O)c1ccc(Oc2coc3c(C[NH+](CC)CC)c(O)ccc3c2=O)cc1. The van der Waals surface area contributed by atoms with Gasteiger partial charge in [0.15, 0.2) is 5.58 Å². The standard InChI is InChI=1S/C24H27NO6/c1-4-13-29-24(28)16-7-9-17(10-8-16)31-21-15-30-23-18(22(21)27)11-12-20(26)19(23)14-25(5-2)6-3/h7-12,15,26H,4-6,13-14H2,1-3H3/p+1. The van der Waals surface area contributed by atoms with Crippen LogP contribution in [0.5, 0.6) is 17.2 Å². The van der Waals surface area contributed by atoms with Gasteiger partial charge in [-0.05, 0) is 56.7 Å². The molecule has 3 aromatic rings. The Kier molecular flexibility index (Phi) is 7.31. The van der Waals surface area contributed by atoms with Crippen molar-refractivity contribution in [2.75, 3.05) is 19.7 Å². The summed E-state index contributed by atoms with van der Waals surface area (Å²) in [5.41, 5.74) is 1.05. The van der Waals surface area contributed by atoms with Gasteiger partial charge >= 0.3 is 5.97 Å². The van der Waals surface area contributed by atoms with Crippen molar-refractivity contribution < 1.29 is 28.7 Å². The fourth-order valence-corrected chi connectivity index (χ4v) is 3.28. The van der Waals surface area contributed by atoms with Crippen LogP contribution >= 0.6 is 0 Å². The molecule has 7 heteroatoms. The first-order valence-electron chi connectivity index (χ1n) is 10.5. The van der Waals surface area contributed by atoms with Crippen molar-refractivity contribution in [3.05, 3.63) is 64.0 Å². The molecule has 0 atom stereocenters. The molecule has 7 nitrogen and oxygen atoms in total. The van der Waals surface area contributed by atoms with Crippen molar-refractivity contribution >= 4 is 16.9 Å². The van der Waals surface area contributed by atoms with E-state index in [0.29, 0.717) is 41.0 Å². The smallest absolute Gasteiger partial charge is 0.338 e. The number of fused-ring (bicyclic) bond motifs is 1. The maximum absolute atomic E-state index is 13.0. The summed E-state index contributed by atoms with van der Waals surface area (Å²) in [5.74, 6) is 0.126. The molecule has 0 bridgehead atoms. The van der Waals surface area contributed by atoms with Crippen LogP contribution < -0.4 is 15.1 Å². The molecule has 2 N–H and O–H groups in total. The number of rotatable bonds is 9. The third-order valence-electron chi connectivity index (χ3n) is 5.17. The number of phenols is 1. The van der Waals surface area contributed by atoms with Gasteiger partial charge in [0, 0.05) is 0 Å². The Balaban J connectivity index is 1.87. The summed E-state index contributed by atoms with van der Waals surface area (Å²) in [6.07, 6.45) is 2.01. The maximum atomic E-state index is 13.0. The third kappa shape index (κ3) is 5.06. The number of esters is 1. The van der Waals surface area contributed by atoms with Gasteiger partial charge in [0.05, 0.1) is 36.2 Å². The van der Waals surface area contributed by atoms with Gasteiger partial charge in [0.1, 0.15) is 24.3 Å². The van der Waals surface area contributed by atoms with Crippen LogP contribution in [-0.4, -0.2) is 30.8 Å². The molecular weight excluding hydrogens is 398 g/mol. The third-order valence-corrected chi connectivity index (χ3v) is 5.17. The number of benzene rings is 2. The highest BCUT2D eigenvalue weighted by Crippen LogP contribution is 2.28. The van der Waals surface area contributed by atoms with Crippen LogP contribution in [0.15, 0.2) is 51.9 Å². The van der Waals surface area contributed by atoms with Crippen LogP contribution in [0.4, 0.5) is 0 Å². The molecule has 0 spiro atoms. The van der Waals surface area contributed by atoms with E-state index in [0.717, 1.165) is 19.5 Å². The van der Waals surface area contributed by atoms with Gasteiger partial charge in [-0.25, -0.2) is 4.79 Å². The molecule has 31 heavy (non-hydrogen) atoms. The predicted octanol–water partition coefficient (Wildman–Crippen LogP) is 3.28. The van der Waals surface area contributed by atoms with Gasteiger partial charge in [-0.3, -0.25) is 4.79 Å². The van der Waals surface area contributed by atoms with E-state index in [1.54, 1.807) is 24.3 Å². The zero-order valence-corrected chi connectivity index (χ0v) is 18.1. The van der Waals surface area contributed by atoms with E-state index in [4.69, 9.17) is 13.9 Å². The first-order valence-corrected chi connectivity index (χ1v) is 10.5. The summed E-state index contributed by atoms with van der Waals surface area (Å²) in [6.45, 7) is 8.75. The average molecular weight is 426 g/mol. The highest BCUT2D eigenvalue weighted by Gasteiger charge is 2.18. The zero-order chi connectivity index (χ0) is 22.4. The van der Waals surface area contributed by atoms with Crippen LogP contribution in [0.25, 0.3) is 11.0 Å². The Labute approximate surface area is 180 Å². The quantitative estimate of drug-likeness (QED) is 0.511. The number of aromatic hydroxyl groups is 1. The lowest BCUT2D eigenvalue weighted by Crippen LogP contribution is -3.10. The summed E-state index contributed by atoms with van der Waals surface area (Å²) in [7, 11) is 0. The lowest BCUT2D eigenvalue weighted by atomic mass is 10.1. The summed E-state index contributed by atoms with van der Waals surface area (Å²) < 4.78 is 16.5. The summed E-state index contributed by atoms with van der Waals surface area (Å²) in [4.78, 5) is 26.1. The van der Waals surface area contributed by atoms with Gasteiger partial charge < -0.3 is 23.9 Å². The second kappa shape index (κ2) is 10.1. The van der Waals surface area contributed by atoms with Crippen molar-refractivity contribution in [3.8, 4) is 17.2 Å². The number of ether oxygens (including phenoxy) is 2. The molecule has 164 valence electrons. The van der Waals surface area contributed by atoms with Gasteiger partial charge in [-0.2, -0.15) is 0 Å². The number of nitrogens with one attached hydrogen (secondary N) is 1. The fourth-order valence-electron chi connectivity index (χ4n) is 3.28. The normalized spacial score (nSPS) is 11.1. The molecule has 0 aliphatic rings. The lowest BCUT2D eigenvalue weighted by molar-refractivity contribution is -0.910. The fraction of sp³-hybridized carbons (Fsp3) is 0.333. The molecule has 0 aliphatic carbocycles. The molecule has 0 aliphatic heterocycles. The van der Waals surface area contributed by atoms with Gasteiger partial charge in [0.2, 0.25) is 11.2 Å². The molecule has 0 fully saturated rings. The average Bonchev–Trinajstić information content (AvgIpc) is 2.79. The molecule has 0 saturated heterocycles. The van der Waals surface area contributed by atoms with Crippen molar-refractivity contribution in [2.45, 2.75) is 33.7 Å². The molecule has 2 aromatic carbocycles. The monoisotopic (exact) mass is 426 g/mol. The predicted molar refractivity (Wildman–Crippen MR) is 117 cm³/mol. The van der Waals surface area contributed by atoms with Crippen LogP contribution in [-0.2, 0) is 11.3 Å². The topological polar surface area (TPSA) is 90.4 Å². The van der Waals surface area contributed by atoms with E-state index >= 15 is 0 Å². The Morgan fingerprint density at radius 1 is 1.06 bits per heavy atom. The molecular formula is C24H28NO6+. The highest BCUT2D eigenvalue weighted by atomic mass is 16.5. The van der Waals surface area contributed by atoms with Gasteiger partial charge in [-0.15, -0.1) is 0 Å². The summed E-state index contributed by atoms with van der Waals surface area (Å²) in [5, 5.41) is 10.7. The highest BCUT2D eigenvalue weighted by molar-refractivity contribution is 5.89. The number of quaternary nitrogens is 1.